The third-order valence-electron chi connectivity index (χ3n) is 4.58. The third-order valence-corrected chi connectivity index (χ3v) is 5.76. The lowest BCUT2D eigenvalue weighted by Gasteiger charge is -2.16. The van der Waals surface area contributed by atoms with Crippen LogP contribution in [0.4, 0.5) is 5.69 Å². The van der Waals surface area contributed by atoms with Crippen LogP contribution in [0, 0.1) is 0 Å². The van der Waals surface area contributed by atoms with Crippen LogP contribution < -0.4 is 4.31 Å². The van der Waals surface area contributed by atoms with Gasteiger partial charge in [-0.05, 0) is 47.2 Å². The lowest BCUT2D eigenvalue weighted by molar-refractivity contribution is 0.0472. The molecule has 0 saturated carbocycles. The number of anilines is 1. The maximum atomic E-state index is 12.3. The smallest absolute Gasteiger partial charge is 0.338 e. The zero-order valence-electron chi connectivity index (χ0n) is 15.2. The van der Waals surface area contributed by atoms with Gasteiger partial charge < -0.3 is 4.74 Å². The lowest BCUT2D eigenvalue weighted by atomic mass is 10.0. The van der Waals surface area contributed by atoms with E-state index in [2.05, 4.69) is 13.8 Å². The minimum absolute atomic E-state index is 0.212. The molecule has 0 radical (unpaired) electrons. The molecule has 3 rings (SSSR count). The van der Waals surface area contributed by atoms with Gasteiger partial charge in [-0.3, -0.25) is 4.31 Å². The van der Waals surface area contributed by atoms with Gasteiger partial charge in [0.1, 0.15) is 6.61 Å². The Bertz CT molecular complexity index is 917. The van der Waals surface area contributed by atoms with Gasteiger partial charge in [0.05, 0.1) is 17.5 Å². The summed E-state index contributed by atoms with van der Waals surface area (Å²) < 4.78 is 30.3. The summed E-state index contributed by atoms with van der Waals surface area (Å²) in [5, 5.41) is 0. The Labute approximate surface area is 154 Å². The molecule has 1 heterocycles. The van der Waals surface area contributed by atoms with E-state index in [0.29, 0.717) is 30.1 Å². The van der Waals surface area contributed by atoms with Gasteiger partial charge in [0, 0.05) is 6.54 Å². The predicted molar refractivity (Wildman–Crippen MR) is 102 cm³/mol. The molecule has 0 spiro atoms. The molecule has 2 aromatic carbocycles. The average Bonchev–Trinajstić information content (AvgIpc) is 3.03. The third kappa shape index (κ3) is 3.90. The molecule has 0 bridgehead atoms. The number of sulfonamides is 1. The van der Waals surface area contributed by atoms with E-state index in [1.807, 2.05) is 24.3 Å². The first kappa shape index (κ1) is 18.5. The Morgan fingerprint density at radius 3 is 2.46 bits per heavy atom. The topological polar surface area (TPSA) is 63.7 Å². The van der Waals surface area contributed by atoms with E-state index in [0.717, 1.165) is 11.1 Å². The van der Waals surface area contributed by atoms with Crippen LogP contribution in [0.1, 0.15) is 46.8 Å². The second kappa shape index (κ2) is 7.11. The predicted octanol–water partition coefficient (Wildman–Crippen LogP) is 3.49. The highest BCUT2D eigenvalue weighted by Gasteiger charge is 2.26. The molecule has 138 valence electrons. The number of esters is 1. The second-order valence-corrected chi connectivity index (χ2v) is 8.81. The Kier molecular flexibility index (Phi) is 5.05. The lowest BCUT2D eigenvalue weighted by Crippen LogP contribution is -2.27. The molecule has 5 nitrogen and oxygen atoms in total. The summed E-state index contributed by atoms with van der Waals surface area (Å²) in [7, 11) is -3.29. The minimum atomic E-state index is -3.29. The van der Waals surface area contributed by atoms with Gasteiger partial charge in [-0.2, -0.15) is 0 Å². The van der Waals surface area contributed by atoms with Gasteiger partial charge in [0.15, 0.2) is 0 Å². The quantitative estimate of drug-likeness (QED) is 0.753. The van der Waals surface area contributed by atoms with Crippen molar-refractivity contribution in [1.82, 2.24) is 0 Å². The van der Waals surface area contributed by atoms with E-state index in [4.69, 9.17) is 4.74 Å². The van der Waals surface area contributed by atoms with Crippen molar-refractivity contribution in [2.24, 2.45) is 0 Å². The van der Waals surface area contributed by atoms with Crippen molar-refractivity contribution < 1.29 is 17.9 Å². The van der Waals surface area contributed by atoms with E-state index >= 15 is 0 Å². The molecule has 0 aromatic heterocycles. The molecule has 2 aromatic rings. The number of carbonyl (C=O) groups is 1. The highest BCUT2D eigenvalue weighted by Crippen LogP contribution is 2.31. The second-order valence-electron chi connectivity index (χ2n) is 6.90. The van der Waals surface area contributed by atoms with E-state index in [9.17, 15) is 13.2 Å². The molecule has 6 heteroatoms. The van der Waals surface area contributed by atoms with Crippen LogP contribution in [-0.2, 0) is 27.8 Å². The van der Waals surface area contributed by atoms with Crippen molar-refractivity contribution in [3.05, 3.63) is 64.7 Å². The first-order valence-electron chi connectivity index (χ1n) is 8.62. The molecule has 0 fully saturated rings. The van der Waals surface area contributed by atoms with Crippen molar-refractivity contribution in [3.8, 4) is 0 Å². The summed E-state index contributed by atoms with van der Waals surface area (Å²) in [4.78, 5) is 12.3. The largest absolute Gasteiger partial charge is 0.457 e. The van der Waals surface area contributed by atoms with Crippen LogP contribution in [0.5, 0.6) is 0 Å². The number of carbonyl (C=O) groups excluding carboxylic acids is 1. The number of rotatable bonds is 5. The molecule has 0 N–H and O–H groups in total. The monoisotopic (exact) mass is 373 g/mol. The number of ether oxygens (including phenoxy) is 1. The molecule has 0 amide bonds. The summed E-state index contributed by atoms with van der Waals surface area (Å²) in [6.45, 7) is 4.89. The van der Waals surface area contributed by atoms with Crippen LogP contribution in [0.3, 0.4) is 0 Å². The highest BCUT2D eigenvalue weighted by atomic mass is 32.2. The SMILES string of the molecule is CC(C)c1ccc(COC(=O)c2ccc3c(c2)CCN3S(C)(=O)=O)cc1. The van der Waals surface area contributed by atoms with Gasteiger partial charge in [-0.1, -0.05) is 38.1 Å². The molecular formula is C20H23NO4S. The van der Waals surface area contributed by atoms with Crippen molar-refractivity contribution in [1.29, 1.82) is 0 Å². The average molecular weight is 373 g/mol. The van der Waals surface area contributed by atoms with Crippen LogP contribution in [0.2, 0.25) is 0 Å². The number of hydrogen-bond acceptors (Lipinski definition) is 4. The first-order valence-corrected chi connectivity index (χ1v) is 10.5. The van der Waals surface area contributed by atoms with Crippen LogP contribution in [0.25, 0.3) is 0 Å². The van der Waals surface area contributed by atoms with Crippen molar-refractivity contribution >= 4 is 21.7 Å². The Morgan fingerprint density at radius 1 is 1.15 bits per heavy atom. The maximum Gasteiger partial charge on any atom is 0.338 e. The summed E-state index contributed by atoms with van der Waals surface area (Å²) >= 11 is 0. The van der Waals surface area contributed by atoms with Crippen molar-refractivity contribution in [2.45, 2.75) is 32.8 Å². The van der Waals surface area contributed by atoms with Gasteiger partial charge in [0.25, 0.3) is 0 Å². The molecule has 0 saturated heterocycles. The Hall–Kier alpha value is -2.34. The molecule has 0 unspecified atom stereocenters. The summed E-state index contributed by atoms with van der Waals surface area (Å²) in [6.07, 6.45) is 1.79. The molecule has 1 aliphatic rings. The fourth-order valence-corrected chi connectivity index (χ4v) is 4.03. The normalized spacial score (nSPS) is 13.8. The Balaban J connectivity index is 1.67. The summed E-state index contributed by atoms with van der Waals surface area (Å²) in [5.74, 6) is 0.0584. The summed E-state index contributed by atoms with van der Waals surface area (Å²) in [5.41, 5.74) is 4.12. The molecule has 0 aliphatic carbocycles. The molecule has 26 heavy (non-hydrogen) atoms. The molecular weight excluding hydrogens is 350 g/mol. The summed E-state index contributed by atoms with van der Waals surface area (Å²) in [6, 6.07) is 13.0. The number of nitrogens with zero attached hydrogens (tertiary/aromatic N) is 1. The fraction of sp³-hybridized carbons (Fsp3) is 0.350. The standard InChI is InChI=1S/C20H23NO4S/c1-14(2)16-6-4-15(5-7-16)13-25-20(22)18-8-9-19-17(12-18)10-11-21(19)26(3,23)24/h4-9,12,14H,10-11,13H2,1-3H3. The zero-order valence-corrected chi connectivity index (χ0v) is 16.0. The van der Waals surface area contributed by atoms with E-state index in [-0.39, 0.29) is 6.61 Å². The van der Waals surface area contributed by atoms with Gasteiger partial charge in [-0.15, -0.1) is 0 Å². The molecule has 0 atom stereocenters. The van der Waals surface area contributed by atoms with Crippen LogP contribution in [-0.4, -0.2) is 27.2 Å². The minimum Gasteiger partial charge on any atom is -0.457 e. The van der Waals surface area contributed by atoms with Crippen LogP contribution in [0.15, 0.2) is 42.5 Å². The number of benzene rings is 2. The van der Waals surface area contributed by atoms with E-state index < -0.39 is 16.0 Å². The molecule has 1 aliphatic heterocycles. The van der Waals surface area contributed by atoms with E-state index in [1.54, 1.807) is 18.2 Å². The fourth-order valence-electron chi connectivity index (χ4n) is 3.07. The highest BCUT2D eigenvalue weighted by molar-refractivity contribution is 7.92. The van der Waals surface area contributed by atoms with E-state index in [1.165, 1.54) is 16.1 Å². The number of hydrogen-bond donors (Lipinski definition) is 0. The van der Waals surface area contributed by atoms with Gasteiger partial charge >= 0.3 is 5.97 Å². The number of fused-ring (bicyclic) bond motifs is 1. The van der Waals surface area contributed by atoms with Gasteiger partial charge in [-0.25, -0.2) is 13.2 Å². The van der Waals surface area contributed by atoms with Crippen molar-refractivity contribution in [2.75, 3.05) is 17.1 Å². The Morgan fingerprint density at radius 2 is 1.85 bits per heavy atom. The van der Waals surface area contributed by atoms with Crippen molar-refractivity contribution in [3.63, 3.8) is 0 Å². The maximum absolute atomic E-state index is 12.3. The van der Waals surface area contributed by atoms with Crippen LogP contribution >= 0.6 is 0 Å². The van der Waals surface area contributed by atoms with Gasteiger partial charge in [0.2, 0.25) is 10.0 Å². The first-order chi connectivity index (χ1) is 12.3. The zero-order chi connectivity index (χ0) is 18.9.